The van der Waals surface area contributed by atoms with Crippen LogP contribution in [0.3, 0.4) is 0 Å². The lowest BCUT2D eigenvalue weighted by atomic mass is 10.1. The number of pyridine rings is 1. The highest BCUT2D eigenvalue weighted by Gasteiger charge is 2.09. The van der Waals surface area contributed by atoms with Gasteiger partial charge in [0.05, 0.1) is 11.2 Å². The molecule has 1 aromatic heterocycles. The van der Waals surface area contributed by atoms with Gasteiger partial charge in [-0.15, -0.1) is 0 Å². The van der Waals surface area contributed by atoms with E-state index < -0.39 is 11.5 Å². The minimum atomic E-state index is -0.724. The molecule has 0 aliphatic carbocycles. The largest absolute Gasteiger partial charge is 0.386 e. The van der Waals surface area contributed by atoms with Gasteiger partial charge in [-0.1, -0.05) is 12.1 Å². The van der Waals surface area contributed by atoms with Crippen LogP contribution >= 0.6 is 0 Å². The quantitative estimate of drug-likeness (QED) is 0.690. The Kier molecular flexibility index (Phi) is 2.36. The predicted octanol–water partition coefficient (Wildman–Crippen LogP) is 0.669. The molecule has 16 heavy (non-hydrogen) atoms. The zero-order valence-corrected chi connectivity index (χ0v) is 8.70. The highest BCUT2D eigenvalue weighted by molar-refractivity contribution is 5.98. The van der Waals surface area contributed by atoms with Crippen LogP contribution in [0.4, 0.5) is 5.69 Å². The number of nitrogens with two attached hydrogens (primary N) is 1. The molecular formula is C11H11N3O2. The Morgan fingerprint density at radius 3 is 2.81 bits per heavy atom. The fourth-order valence-electron chi connectivity index (χ4n) is 1.62. The van der Waals surface area contributed by atoms with Gasteiger partial charge >= 0.3 is 0 Å². The van der Waals surface area contributed by atoms with Gasteiger partial charge in [0.25, 0.3) is 11.5 Å². The Morgan fingerprint density at radius 1 is 1.44 bits per heavy atom. The molecule has 0 saturated carbocycles. The summed E-state index contributed by atoms with van der Waals surface area (Å²) in [6, 6.07) is 6.97. The van der Waals surface area contributed by atoms with E-state index in [0.717, 1.165) is 11.1 Å². The summed E-state index contributed by atoms with van der Waals surface area (Å²) in [5.41, 5.74) is 6.07. The molecular weight excluding hydrogens is 206 g/mol. The second-order valence-corrected chi connectivity index (χ2v) is 3.40. The summed E-state index contributed by atoms with van der Waals surface area (Å²) in [5.74, 6) is -0.724. The SMILES string of the molecule is CNc1cccc2cc(C(N)=O)c(=O)[nH]c12. The molecule has 2 rings (SSSR count). The number of carbonyl (C=O) groups excluding carboxylic acids is 1. The van der Waals surface area contributed by atoms with Crippen molar-refractivity contribution in [1.29, 1.82) is 0 Å². The first kappa shape index (κ1) is 10.2. The van der Waals surface area contributed by atoms with E-state index in [1.54, 1.807) is 13.1 Å². The second kappa shape index (κ2) is 3.69. The molecule has 5 heteroatoms. The zero-order valence-electron chi connectivity index (χ0n) is 8.70. The number of primary amides is 1. The van der Waals surface area contributed by atoms with Crippen LogP contribution < -0.4 is 16.6 Å². The third-order valence-electron chi connectivity index (χ3n) is 2.41. The van der Waals surface area contributed by atoms with E-state index >= 15 is 0 Å². The summed E-state index contributed by atoms with van der Waals surface area (Å²) < 4.78 is 0. The number of nitrogens with one attached hydrogen (secondary N) is 2. The number of H-pyrrole nitrogens is 1. The number of fused-ring (bicyclic) bond motifs is 1. The first-order valence-corrected chi connectivity index (χ1v) is 4.77. The number of benzene rings is 1. The number of rotatable bonds is 2. The second-order valence-electron chi connectivity index (χ2n) is 3.40. The third-order valence-corrected chi connectivity index (χ3v) is 2.41. The molecule has 1 amide bonds. The monoisotopic (exact) mass is 217 g/mol. The summed E-state index contributed by atoms with van der Waals surface area (Å²) >= 11 is 0. The van der Waals surface area contributed by atoms with Gasteiger partial charge in [-0.2, -0.15) is 0 Å². The van der Waals surface area contributed by atoms with Crippen molar-refractivity contribution in [1.82, 2.24) is 4.98 Å². The van der Waals surface area contributed by atoms with Gasteiger partial charge in [-0.3, -0.25) is 9.59 Å². The van der Waals surface area contributed by atoms with Crippen LogP contribution in [0.1, 0.15) is 10.4 Å². The Labute approximate surface area is 91.3 Å². The minimum Gasteiger partial charge on any atom is -0.386 e. The lowest BCUT2D eigenvalue weighted by Crippen LogP contribution is -2.23. The average Bonchev–Trinajstić information content (AvgIpc) is 2.27. The van der Waals surface area contributed by atoms with Gasteiger partial charge in [0, 0.05) is 12.4 Å². The van der Waals surface area contributed by atoms with Gasteiger partial charge in [0.2, 0.25) is 0 Å². The summed E-state index contributed by atoms with van der Waals surface area (Å²) in [6.07, 6.45) is 0. The Bertz CT molecular complexity index is 616. The molecule has 4 N–H and O–H groups in total. The minimum absolute atomic E-state index is 0.0271. The maximum atomic E-state index is 11.6. The van der Waals surface area contributed by atoms with Crippen molar-refractivity contribution in [3.8, 4) is 0 Å². The number of para-hydroxylation sites is 1. The Morgan fingerprint density at radius 2 is 2.19 bits per heavy atom. The number of aromatic nitrogens is 1. The van der Waals surface area contributed by atoms with Crippen molar-refractivity contribution >= 4 is 22.5 Å². The number of aromatic amines is 1. The molecule has 0 atom stereocenters. The van der Waals surface area contributed by atoms with Crippen LogP contribution in [0.5, 0.6) is 0 Å². The fourth-order valence-corrected chi connectivity index (χ4v) is 1.62. The van der Waals surface area contributed by atoms with E-state index in [-0.39, 0.29) is 5.56 Å². The van der Waals surface area contributed by atoms with E-state index in [1.807, 2.05) is 12.1 Å². The Hall–Kier alpha value is -2.30. The standard InChI is InChI=1S/C11H11N3O2/c1-13-8-4-2-3-6-5-7(10(12)15)11(16)14-9(6)8/h2-5,13H,1H3,(H2,12,15)(H,14,16). The first-order chi connectivity index (χ1) is 7.63. The smallest absolute Gasteiger partial charge is 0.261 e. The summed E-state index contributed by atoms with van der Waals surface area (Å²) in [6.45, 7) is 0. The molecule has 0 saturated heterocycles. The summed E-state index contributed by atoms with van der Waals surface area (Å²) in [4.78, 5) is 25.2. The number of hydrogen-bond acceptors (Lipinski definition) is 3. The van der Waals surface area contributed by atoms with Crippen molar-refractivity contribution in [3.63, 3.8) is 0 Å². The molecule has 0 aliphatic rings. The van der Waals surface area contributed by atoms with E-state index in [2.05, 4.69) is 10.3 Å². The van der Waals surface area contributed by atoms with Gasteiger partial charge in [0.15, 0.2) is 0 Å². The lowest BCUT2D eigenvalue weighted by molar-refractivity contribution is 0.0999. The molecule has 82 valence electrons. The molecule has 0 spiro atoms. The predicted molar refractivity (Wildman–Crippen MR) is 62.6 cm³/mol. The number of carbonyl (C=O) groups is 1. The van der Waals surface area contributed by atoms with E-state index in [4.69, 9.17) is 5.73 Å². The summed E-state index contributed by atoms with van der Waals surface area (Å²) in [5, 5.41) is 3.72. The topological polar surface area (TPSA) is 88.0 Å². The highest BCUT2D eigenvalue weighted by atomic mass is 16.2. The van der Waals surface area contributed by atoms with Crippen molar-refractivity contribution in [2.24, 2.45) is 5.73 Å². The number of anilines is 1. The van der Waals surface area contributed by atoms with E-state index in [0.29, 0.717) is 5.52 Å². The van der Waals surface area contributed by atoms with Crippen LogP contribution in [0.15, 0.2) is 29.1 Å². The van der Waals surface area contributed by atoms with Gasteiger partial charge in [0.1, 0.15) is 5.56 Å². The highest BCUT2D eigenvalue weighted by Crippen LogP contribution is 2.19. The van der Waals surface area contributed by atoms with Gasteiger partial charge < -0.3 is 16.0 Å². The molecule has 1 aromatic carbocycles. The van der Waals surface area contributed by atoms with Gasteiger partial charge in [-0.25, -0.2) is 0 Å². The van der Waals surface area contributed by atoms with Crippen LogP contribution in [-0.4, -0.2) is 17.9 Å². The maximum Gasteiger partial charge on any atom is 0.261 e. The molecule has 0 bridgehead atoms. The van der Waals surface area contributed by atoms with Crippen molar-refractivity contribution in [2.45, 2.75) is 0 Å². The maximum absolute atomic E-state index is 11.6. The number of hydrogen-bond donors (Lipinski definition) is 3. The average molecular weight is 217 g/mol. The first-order valence-electron chi connectivity index (χ1n) is 4.77. The normalized spacial score (nSPS) is 10.3. The van der Waals surface area contributed by atoms with Crippen LogP contribution in [0.25, 0.3) is 10.9 Å². The fraction of sp³-hybridized carbons (Fsp3) is 0.0909. The van der Waals surface area contributed by atoms with Crippen LogP contribution in [0.2, 0.25) is 0 Å². The van der Waals surface area contributed by atoms with Gasteiger partial charge in [-0.05, 0) is 12.1 Å². The molecule has 1 heterocycles. The summed E-state index contributed by atoms with van der Waals surface area (Å²) in [7, 11) is 1.76. The molecule has 5 nitrogen and oxygen atoms in total. The molecule has 0 radical (unpaired) electrons. The zero-order chi connectivity index (χ0) is 11.7. The molecule has 0 fully saturated rings. The van der Waals surface area contributed by atoms with Crippen molar-refractivity contribution in [2.75, 3.05) is 12.4 Å². The van der Waals surface area contributed by atoms with Crippen LogP contribution in [-0.2, 0) is 0 Å². The van der Waals surface area contributed by atoms with Crippen molar-refractivity contribution in [3.05, 3.63) is 40.2 Å². The molecule has 2 aromatic rings. The van der Waals surface area contributed by atoms with Crippen LogP contribution in [0, 0.1) is 0 Å². The van der Waals surface area contributed by atoms with E-state index in [1.165, 1.54) is 6.07 Å². The Balaban J connectivity index is 2.83. The lowest BCUT2D eigenvalue weighted by Gasteiger charge is -2.06. The molecule has 0 unspecified atom stereocenters. The van der Waals surface area contributed by atoms with Crippen molar-refractivity contribution < 1.29 is 4.79 Å². The third kappa shape index (κ3) is 1.52. The number of amides is 1. The van der Waals surface area contributed by atoms with E-state index in [9.17, 15) is 9.59 Å². The molecule has 0 aliphatic heterocycles.